The van der Waals surface area contributed by atoms with Crippen LogP contribution >= 0.6 is 0 Å². The van der Waals surface area contributed by atoms with Crippen molar-refractivity contribution in [2.24, 2.45) is 5.92 Å². The normalized spacial score (nSPS) is 16.2. The fraction of sp³-hybridized carbons (Fsp3) is 0.409. The first-order valence-corrected chi connectivity index (χ1v) is 10.3. The highest BCUT2D eigenvalue weighted by Gasteiger charge is 2.37. The molecular formula is C22H27N7O. The van der Waals surface area contributed by atoms with Gasteiger partial charge in [0.15, 0.2) is 11.6 Å². The van der Waals surface area contributed by atoms with Crippen LogP contribution in [0.2, 0.25) is 0 Å². The van der Waals surface area contributed by atoms with E-state index in [1.54, 1.807) is 6.07 Å². The number of carbonyl (C=O) groups excluding carboxylic acids is 1. The van der Waals surface area contributed by atoms with Gasteiger partial charge in [-0.15, -0.1) is 0 Å². The quantitative estimate of drug-likeness (QED) is 0.714. The van der Waals surface area contributed by atoms with Crippen molar-refractivity contribution in [1.29, 1.82) is 0 Å². The van der Waals surface area contributed by atoms with Crippen LogP contribution in [0, 0.1) is 5.92 Å². The van der Waals surface area contributed by atoms with Gasteiger partial charge in [0.25, 0.3) is 5.91 Å². The van der Waals surface area contributed by atoms with Crippen molar-refractivity contribution in [2.45, 2.75) is 46.2 Å². The van der Waals surface area contributed by atoms with E-state index in [1.165, 1.54) is 0 Å². The zero-order chi connectivity index (χ0) is 21.4. The lowest BCUT2D eigenvalue weighted by Gasteiger charge is -2.37. The predicted octanol–water partition coefficient (Wildman–Crippen LogP) is 3.29. The molecule has 0 bridgehead atoms. The second-order valence-corrected chi connectivity index (χ2v) is 8.26. The van der Waals surface area contributed by atoms with Gasteiger partial charge in [-0.05, 0) is 17.9 Å². The van der Waals surface area contributed by atoms with E-state index < -0.39 is 0 Å². The molecule has 0 fully saturated rings. The van der Waals surface area contributed by atoms with E-state index in [1.807, 2.05) is 53.8 Å². The third-order valence-corrected chi connectivity index (χ3v) is 5.35. The van der Waals surface area contributed by atoms with Crippen LogP contribution in [0.5, 0.6) is 0 Å². The molecule has 2 aromatic heterocycles. The monoisotopic (exact) mass is 405 g/mol. The van der Waals surface area contributed by atoms with E-state index in [9.17, 15) is 4.79 Å². The van der Waals surface area contributed by atoms with Crippen LogP contribution in [0.3, 0.4) is 0 Å². The largest absolute Gasteiger partial charge is 0.368 e. The summed E-state index contributed by atoms with van der Waals surface area (Å²) in [5, 5.41) is 4.69. The Bertz CT molecular complexity index is 1060. The maximum Gasteiger partial charge on any atom is 0.273 e. The molecule has 3 heterocycles. The number of nitrogens with two attached hydrogens (primary N) is 1. The summed E-state index contributed by atoms with van der Waals surface area (Å²) in [4.78, 5) is 28.6. The molecule has 0 saturated carbocycles. The molecule has 0 radical (unpaired) electrons. The summed E-state index contributed by atoms with van der Waals surface area (Å²) in [5.74, 6) is 1.76. The maximum absolute atomic E-state index is 13.5. The Morgan fingerprint density at radius 3 is 2.47 bits per heavy atom. The summed E-state index contributed by atoms with van der Waals surface area (Å²) in [7, 11) is 0. The first-order valence-electron chi connectivity index (χ1n) is 10.3. The number of amides is 1. The summed E-state index contributed by atoms with van der Waals surface area (Å²) >= 11 is 0. The Balaban J connectivity index is 1.71. The molecule has 8 heteroatoms. The number of nitrogens with zero attached hydrogens (tertiary/aromatic N) is 6. The Hall–Kier alpha value is -3.29. The molecule has 1 amide bonds. The molecule has 0 unspecified atom stereocenters. The molecule has 0 aliphatic carbocycles. The summed E-state index contributed by atoms with van der Waals surface area (Å²) in [5.41, 5.74) is 7.94. The molecule has 8 nitrogen and oxygen atoms in total. The fourth-order valence-corrected chi connectivity index (χ4v) is 3.85. The summed E-state index contributed by atoms with van der Waals surface area (Å²) in [6, 6.07) is 11.4. The van der Waals surface area contributed by atoms with E-state index in [-0.39, 0.29) is 29.7 Å². The average molecular weight is 406 g/mol. The molecule has 1 aliphatic heterocycles. The third kappa shape index (κ3) is 3.65. The van der Waals surface area contributed by atoms with Gasteiger partial charge in [0, 0.05) is 17.8 Å². The van der Waals surface area contributed by atoms with E-state index in [0.29, 0.717) is 24.6 Å². The highest BCUT2D eigenvalue weighted by atomic mass is 16.2. The van der Waals surface area contributed by atoms with Crippen LogP contribution in [0.15, 0.2) is 36.4 Å². The average Bonchev–Trinajstić information content (AvgIpc) is 3.16. The summed E-state index contributed by atoms with van der Waals surface area (Å²) in [6.45, 7) is 9.33. The van der Waals surface area contributed by atoms with Crippen molar-refractivity contribution in [3.8, 4) is 11.4 Å². The SMILES string of the molecule is CC(C)c1cc(C(=O)N2CCn3nc(-c4ccccc4)nc3[C@@H]2C(C)C)nc(N)n1. The van der Waals surface area contributed by atoms with Gasteiger partial charge in [-0.2, -0.15) is 5.10 Å². The van der Waals surface area contributed by atoms with E-state index in [2.05, 4.69) is 23.8 Å². The van der Waals surface area contributed by atoms with E-state index in [0.717, 1.165) is 17.1 Å². The van der Waals surface area contributed by atoms with Crippen molar-refractivity contribution >= 4 is 11.9 Å². The molecule has 1 atom stereocenters. The second kappa shape index (κ2) is 7.85. The van der Waals surface area contributed by atoms with Crippen LogP contribution in [-0.2, 0) is 6.54 Å². The topological polar surface area (TPSA) is 103 Å². The predicted molar refractivity (Wildman–Crippen MR) is 115 cm³/mol. The molecular weight excluding hydrogens is 378 g/mol. The second-order valence-electron chi connectivity index (χ2n) is 8.26. The van der Waals surface area contributed by atoms with Gasteiger partial charge in [0.1, 0.15) is 5.69 Å². The van der Waals surface area contributed by atoms with Crippen LogP contribution in [-0.4, -0.2) is 42.1 Å². The highest BCUT2D eigenvalue weighted by molar-refractivity contribution is 5.93. The van der Waals surface area contributed by atoms with Crippen LogP contribution < -0.4 is 5.73 Å². The highest BCUT2D eigenvalue weighted by Crippen LogP contribution is 2.33. The van der Waals surface area contributed by atoms with E-state index >= 15 is 0 Å². The Morgan fingerprint density at radius 2 is 1.80 bits per heavy atom. The minimum Gasteiger partial charge on any atom is -0.368 e. The molecule has 30 heavy (non-hydrogen) atoms. The minimum atomic E-state index is -0.199. The standard InChI is InChI=1S/C22H27N7O/c1-13(2)16-12-17(25-22(23)24-16)21(30)28-10-11-29-20(18(28)14(3)4)26-19(27-29)15-8-6-5-7-9-15/h5-9,12-14,18H,10-11H2,1-4H3,(H2,23,24,25)/t18-/m0/s1. The Kier molecular flexibility index (Phi) is 5.24. The van der Waals surface area contributed by atoms with Crippen molar-refractivity contribution in [2.75, 3.05) is 12.3 Å². The van der Waals surface area contributed by atoms with Gasteiger partial charge in [-0.3, -0.25) is 4.79 Å². The smallest absolute Gasteiger partial charge is 0.273 e. The molecule has 0 spiro atoms. The first kappa shape index (κ1) is 20.0. The molecule has 2 N–H and O–H groups in total. The zero-order valence-electron chi connectivity index (χ0n) is 17.8. The first-order chi connectivity index (χ1) is 14.3. The summed E-state index contributed by atoms with van der Waals surface area (Å²) in [6.07, 6.45) is 0. The van der Waals surface area contributed by atoms with Crippen LogP contribution in [0.25, 0.3) is 11.4 Å². The van der Waals surface area contributed by atoms with Crippen molar-refractivity contribution in [3.63, 3.8) is 0 Å². The molecule has 0 saturated heterocycles. The van der Waals surface area contributed by atoms with Crippen LogP contribution in [0.4, 0.5) is 5.95 Å². The van der Waals surface area contributed by atoms with Crippen LogP contribution in [0.1, 0.15) is 61.7 Å². The van der Waals surface area contributed by atoms with Gasteiger partial charge >= 0.3 is 0 Å². The maximum atomic E-state index is 13.5. The number of rotatable bonds is 4. The van der Waals surface area contributed by atoms with Gasteiger partial charge in [0.05, 0.1) is 12.6 Å². The zero-order valence-corrected chi connectivity index (χ0v) is 17.8. The van der Waals surface area contributed by atoms with E-state index in [4.69, 9.17) is 15.8 Å². The van der Waals surface area contributed by atoms with Gasteiger partial charge < -0.3 is 10.6 Å². The lowest BCUT2D eigenvalue weighted by Crippen LogP contribution is -2.45. The molecule has 1 aromatic carbocycles. The van der Waals surface area contributed by atoms with Gasteiger partial charge in [-0.25, -0.2) is 19.6 Å². The number of anilines is 1. The lowest BCUT2D eigenvalue weighted by molar-refractivity contribution is 0.0530. The molecule has 1 aliphatic rings. The fourth-order valence-electron chi connectivity index (χ4n) is 3.85. The number of hydrogen-bond donors (Lipinski definition) is 1. The minimum absolute atomic E-state index is 0.122. The summed E-state index contributed by atoms with van der Waals surface area (Å²) < 4.78 is 1.92. The van der Waals surface area contributed by atoms with Crippen molar-refractivity contribution in [1.82, 2.24) is 29.6 Å². The Labute approximate surface area is 176 Å². The number of fused-ring (bicyclic) bond motifs is 1. The van der Waals surface area contributed by atoms with Crippen molar-refractivity contribution < 1.29 is 4.79 Å². The lowest BCUT2D eigenvalue weighted by atomic mass is 9.99. The van der Waals surface area contributed by atoms with Gasteiger partial charge in [-0.1, -0.05) is 58.0 Å². The number of nitrogen functional groups attached to an aromatic ring is 1. The Morgan fingerprint density at radius 1 is 1.07 bits per heavy atom. The number of hydrogen-bond acceptors (Lipinski definition) is 6. The third-order valence-electron chi connectivity index (χ3n) is 5.35. The van der Waals surface area contributed by atoms with Crippen molar-refractivity contribution in [3.05, 3.63) is 53.6 Å². The molecule has 156 valence electrons. The van der Waals surface area contributed by atoms with Gasteiger partial charge in [0.2, 0.25) is 5.95 Å². The number of carbonyl (C=O) groups is 1. The molecule has 4 rings (SSSR count). The number of benzene rings is 1. The molecule has 3 aromatic rings. The number of aromatic nitrogens is 5.